The molecule has 0 radical (unpaired) electrons. The number of rotatable bonds is 1. The molecule has 0 heterocycles. The van der Waals surface area contributed by atoms with Gasteiger partial charge in [0.1, 0.15) is 0 Å². The summed E-state index contributed by atoms with van der Waals surface area (Å²) in [6.07, 6.45) is 0. The van der Waals surface area contributed by atoms with Crippen molar-refractivity contribution >= 4 is 52.5 Å². The van der Waals surface area contributed by atoms with E-state index >= 15 is 0 Å². The van der Waals surface area contributed by atoms with Gasteiger partial charge < -0.3 is 5.11 Å². The summed E-state index contributed by atoms with van der Waals surface area (Å²) in [5.41, 5.74) is 0. The molecule has 0 fully saturated rings. The monoisotopic (exact) mass is 294 g/mol. The Hall–Kier alpha value is 1.07. The second-order valence-electron chi connectivity index (χ2n) is 0.815. The highest BCUT2D eigenvalue weighted by atomic mass is 79.9. The normalized spacial score (nSPS) is 11.4. The number of carbonyl (C=O) groups is 1. The van der Waals surface area contributed by atoms with Crippen LogP contribution in [0.4, 0.5) is 0 Å². The zero-order chi connectivity index (χ0) is 6.08. The molecule has 0 aliphatic rings. The molecule has 0 spiro atoms. The fraction of sp³-hybridized carbons (Fsp3) is 0.500. The summed E-state index contributed by atoms with van der Waals surface area (Å²) in [5.74, 6) is 0. The van der Waals surface area contributed by atoms with Gasteiger partial charge in [0.05, 0.1) is 0 Å². The van der Waals surface area contributed by atoms with E-state index in [1.165, 1.54) is 0 Å². The van der Waals surface area contributed by atoms with Gasteiger partial charge in [0.15, 0.2) is 0 Å². The molecule has 0 aromatic carbocycles. The van der Waals surface area contributed by atoms with Crippen molar-refractivity contribution in [2.75, 3.05) is 0 Å². The summed E-state index contributed by atoms with van der Waals surface area (Å²) in [5, 5.41) is 8.53. The first-order chi connectivity index (χ1) is 2.94. The van der Waals surface area contributed by atoms with E-state index in [9.17, 15) is 4.79 Å². The smallest absolute Gasteiger partial charge is 0.251 e. The van der Waals surface area contributed by atoms with Gasteiger partial charge >= 0.3 is 0 Å². The first-order valence-electron chi connectivity index (χ1n) is 1.24. The predicted octanol–water partition coefficient (Wildman–Crippen LogP) is 1.34. The largest absolute Gasteiger partial charge is 0.363 e. The highest BCUT2D eigenvalue weighted by Crippen LogP contribution is 2.25. The summed E-state index contributed by atoms with van der Waals surface area (Å²) in [7, 11) is 0. The Kier molecular flexibility index (Phi) is 2.96. The van der Waals surface area contributed by atoms with E-state index in [1.807, 2.05) is 0 Å². The molecular weight excluding hydrogens is 296 g/mol. The van der Waals surface area contributed by atoms with E-state index < -0.39 is 8.11 Å². The molecule has 0 aliphatic carbocycles. The Morgan fingerprint density at radius 2 is 1.71 bits per heavy atom. The maximum absolute atomic E-state index is 10.0. The van der Waals surface area contributed by atoms with Gasteiger partial charge in [0.2, 0.25) is 3.42 Å². The number of alkyl halides is 2. The lowest BCUT2D eigenvalue weighted by Gasteiger charge is -2.03. The van der Waals surface area contributed by atoms with Gasteiger partial charge in [-0.1, -0.05) is 0 Å². The van der Waals surface area contributed by atoms with Crippen LogP contribution in [0.2, 0.25) is 0 Å². The summed E-state index contributed by atoms with van der Waals surface area (Å²) >= 11 is 7.75. The third kappa shape index (κ3) is 3.64. The second kappa shape index (κ2) is 2.57. The number of aliphatic hydroxyl groups is 1. The van der Waals surface area contributed by atoms with Crippen LogP contribution >= 0.6 is 47.8 Å². The Morgan fingerprint density at radius 1 is 1.57 bits per heavy atom. The third-order valence-electron chi connectivity index (χ3n) is 0.236. The Bertz CT molecular complexity index is 83.4. The highest BCUT2D eigenvalue weighted by Gasteiger charge is 2.25. The molecule has 0 bridgehead atoms. The molecule has 1 N–H and O–H groups in total. The topological polar surface area (TPSA) is 37.3 Å². The van der Waals surface area contributed by atoms with Crippen molar-refractivity contribution in [3.8, 4) is 0 Å². The van der Waals surface area contributed by atoms with Crippen LogP contribution in [0.15, 0.2) is 0 Å². The molecule has 0 aromatic rings. The number of hydrogen-bond acceptors (Lipinski definition) is 2. The molecular formula is C2HBr3O2. The summed E-state index contributed by atoms with van der Waals surface area (Å²) in [4.78, 5) is 10.0. The van der Waals surface area contributed by atoms with Gasteiger partial charge in [-0.05, 0) is 47.8 Å². The standard InChI is InChI=1S/C2HBr3O2/c3-1(6)2(4,5)7/h7H. The van der Waals surface area contributed by atoms with Crippen molar-refractivity contribution in [3.63, 3.8) is 0 Å². The molecule has 0 amide bonds. The van der Waals surface area contributed by atoms with E-state index in [4.69, 9.17) is 5.11 Å². The van der Waals surface area contributed by atoms with E-state index in [0.29, 0.717) is 0 Å². The third-order valence-corrected chi connectivity index (χ3v) is 2.59. The van der Waals surface area contributed by atoms with Crippen molar-refractivity contribution in [1.29, 1.82) is 0 Å². The first-order valence-corrected chi connectivity index (χ1v) is 3.62. The van der Waals surface area contributed by atoms with Crippen molar-refractivity contribution in [3.05, 3.63) is 0 Å². The van der Waals surface area contributed by atoms with Gasteiger partial charge in [0.25, 0.3) is 4.69 Å². The molecule has 0 unspecified atom stereocenters. The Balaban J connectivity index is 3.79. The summed E-state index contributed by atoms with van der Waals surface area (Å²) < 4.78 is -2.15. The average molecular weight is 297 g/mol. The molecule has 7 heavy (non-hydrogen) atoms. The lowest BCUT2D eigenvalue weighted by molar-refractivity contribution is -0.114. The minimum atomic E-state index is -1.60. The van der Waals surface area contributed by atoms with Crippen LogP contribution in [-0.4, -0.2) is 13.2 Å². The highest BCUT2D eigenvalue weighted by molar-refractivity contribution is 9.28. The lowest BCUT2D eigenvalue weighted by atomic mass is 10.8. The Labute approximate surface area is 65.7 Å². The van der Waals surface area contributed by atoms with Crippen molar-refractivity contribution in [2.45, 2.75) is 3.42 Å². The fourth-order valence-electron chi connectivity index (χ4n) is 0. The van der Waals surface area contributed by atoms with E-state index in [1.54, 1.807) is 0 Å². The van der Waals surface area contributed by atoms with E-state index in [0.717, 1.165) is 0 Å². The van der Waals surface area contributed by atoms with Crippen molar-refractivity contribution in [2.24, 2.45) is 0 Å². The molecule has 2 nitrogen and oxygen atoms in total. The van der Waals surface area contributed by atoms with E-state index in [2.05, 4.69) is 47.8 Å². The quantitative estimate of drug-likeness (QED) is 0.586. The maximum Gasteiger partial charge on any atom is 0.251 e. The summed E-state index contributed by atoms with van der Waals surface area (Å²) in [6.45, 7) is 0. The van der Waals surface area contributed by atoms with Crippen LogP contribution in [0.5, 0.6) is 0 Å². The number of carbonyl (C=O) groups excluding carboxylic acids is 1. The average Bonchev–Trinajstić information content (AvgIpc) is 1.31. The zero-order valence-corrected chi connectivity index (χ0v) is 7.75. The zero-order valence-electron chi connectivity index (χ0n) is 2.99. The van der Waals surface area contributed by atoms with Gasteiger partial charge in [-0.2, -0.15) is 0 Å². The molecule has 5 heteroatoms. The van der Waals surface area contributed by atoms with Crippen LogP contribution in [0.25, 0.3) is 0 Å². The fourth-order valence-corrected chi connectivity index (χ4v) is 0. The predicted molar refractivity (Wildman–Crippen MR) is 36.7 cm³/mol. The SMILES string of the molecule is O=C(Br)C(O)(Br)Br. The van der Waals surface area contributed by atoms with Gasteiger partial charge in [-0.25, -0.2) is 0 Å². The minimum Gasteiger partial charge on any atom is -0.363 e. The number of halogens is 3. The molecule has 0 saturated heterocycles. The second-order valence-corrected chi connectivity index (χ2v) is 4.89. The number of hydrogen-bond donors (Lipinski definition) is 1. The van der Waals surface area contributed by atoms with Gasteiger partial charge in [-0.3, -0.25) is 4.79 Å². The first kappa shape index (κ1) is 8.07. The van der Waals surface area contributed by atoms with Crippen LogP contribution in [0.1, 0.15) is 0 Å². The maximum atomic E-state index is 10.0. The van der Waals surface area contributed by atoms with Crippen LogP contribution in [0.3, 0.4) is 0 Å². The van der Waals surface area contributed by atoms with Crippen LogP contribution < -0.4 is 0 Å². The van der Waals surface area contributed by atoms with Crippen molar-refractivity contribution in [1.82, 2.24) is 0 Å². The van der Waals surface area contributed by atoms with E-state index in [-0.39, 0.29) is 0 Å². The van der Waals surface area contributed by atoms with Gasteiger partial charge in [0, 0.05) is 0 Å². The molecule has 0 aliphatic heterocycles. The Morgan fingerprint density at radius 3 is 1.71 bits per heavy atom. The van der Waals surface area contributed by atoms with Crippen molar-refractivity contribution < 1.29 is 9.90 Å². The molecule has 0 saturated carbocycles. The van der Waals surface area contributed by atoms with Crippen LogP contribution in [0, 0.1) is 0 Å². The molecule has 0 rings (SSSR count). The molecule has 0 aromatic heterocycles. The molecule has 42 valence electrons. The summed E-state index contributed by atoms with van der Waals surface area (Å²) in [6, 6.07) is 0. The molecule has 0 atom stereocenters. The van der Waals surface area contributed by atoms with Gasteiger partial charge in [-0.15, -0.1) is 0 Å². The lowest BCUT2D eigenvalue weighted by Crippen LogP contribution is -2.17. The minimum absolute atomic E-state index is 0.556. The van der Waals surface area contributed by atoms with Crippen LogP contribution in [-0.2, 0) is 4.79 Å².